The van der Waals surface area contributed by atoms with Crippen molar-refractivity contribution in [1.29, 1.82) is 0 Å². The Kier molecular flexibility index (Phi) is 6.88. The summed E-state index contributed by atoms with van der Waals surface area (Å²) in [5, 5.41) is 12.3. The molecule has 1 saturated heterocycles. The van der Waals surface area contributed by atoms with Gasteiger partial charge < -0.3 is 15.3 Å². The molecule has 1 aliphatic carbocycles. The Bertz CT molecular complexity index is 391. The summed E-state index contributed by atoms with van der Waals surface area (Å²) in [5.74, 6) is 0.522. The molecule has 0 bridgehead atoms. The highest BCUT2D eigenvalue weighted by Crippen LogP contribution is 2.34. The maximum atomic E-state index is 12.2. The van der Waals surface area contributed by atoms with Crippen molar-refractivity contribution < 1.29 is 14.7 Å². The predicted molar refractivity (Wildman–Crippen MR) is 89.8 cm³/mol. The number of aliphatic hydroxyl groups is 1. The van der Waals surface area contributed by atoms with Crippen LogP contribution in [0.3, 0.4) is 0 Å². The molecule has 5 nitrogen and oxygen atoms in total. The van der Waals surface area contributed by atoms with E-state index >= 15 is 0 Å². The van der Waals surface area contributed by atoms with Gasteiger partial charge in [0.15, 0.2) is 0 Å². The fourth-order valence-corrected chi connectivity index (χ4v) is 3.87. The molecule has 23 heavy (non-hydrogen) atoms. The van der Waals surface area contributed by atoms with Gasteiger partial charge in [-0.25, -0.2) is 0 Å². The normalized spacial score (nSPS) is 21.9. The summed E-state index contributed by atoms with van der Waals surface area (Å²) in [6.07, 6.45) is 9.26. The molecule has 1 aliphatic heterocycles. The van der Waals surface area contributed by atoms with E-state index in [-0.39, 0.29) is 30.4 Å². The first-order valence-electron chi connectivity index (χ1n) is 9.24. The third kappa shape index (κ3) is 5.20. The minimum absolute atomic E-state index is 0.00429. The topological polar surface area (TPSA) is 69.6 Å². The average molecular weight is 324 g/mol. The van der Waals surface area contributed by atoms with Crippen LogP contribution in [0.2, 0.25) is 0 Å². The summed E-state index contributed by atoms with van der Waals surface area (Å²) in [6.45, 7) is 3.78. The molecule has 132 valence electrons. The van der Waals surface area contributed by atoms with E-state index in [9.17, 15) is 14.7 Å². The van der Waals surface area contributed by atoms with Crippen LogP contribution in [0.5, 0.6) is 0 Å². The third-order valence-corrected chi connectivity index (χ3v) is 5.90. The molecule has 2 amide bonds. The molecule has 0 atom stereocenters. The predicted octanol–water partition coefficient (Wildman–Crippen LogP) is 2.08. The van der Waals surface area contributed by atoms with E-state index in [1.807, 2.05) is 4.90 Å². The number of rotatable bonds is 6. The summed E-state index contributed by atoms with van der Waals surface area (Å²) in [7, 11) is 0. The fraction of sp³-hybridized carbons (Fsp3) is 0.889. The van der Waals surface area contributed by atoms with Gasteiger partial charge in [-0.1, -0.05) is 26.2 Å². The van der Waals surface area contributed by atoms with Crippen LogP contribution in [-0.4, -0.2) is 48.1 Å². The highest BCUT2D eigenvalue weighted by molar-refractivity contribution is 5.84. The summed E-state index contributed by atoms with van der Waals surface area (Å²) in [4.78, 5) is 26.0. The van der Waals surface area contributed by atoms with Crippen LogP contribution in [0.15, 0.2) is 0 Å². The Hall–Kier alpha value is -1.10. The summed E-state index contributed by atoms with van der Waals surface area (Å²) >= 11 is 0. The number of piperidine rings is 1. The van der Waals surface area contributed by atoms with Gasteiger partial charge in [-0.2, -0.15) is 0 Å². The second-order valence-corrected chi connectivity index (χ2v) is 7.38. The molecule has 2 aliphatic rings. The summed E-state index contributed by atoms with van der Waals surface area (Å²) in [5.41, 5.74) is -0.0129. The van der Waals surface area contributed by atoms with Crippen LogP contribution in [0.25, 0.3) is 0 Å². The molecule has 0 radical (unpaired) electrons. The molecule has 5 heteroatoms. The molecule has 0 unspecified atom stereocenters. The highest BCUT2D eigenvalue weighted by atomic mass is 16.3. The van der Waals surface area contributed by atoms with E-state index in [0.29, 0.717) is 25.4 Å². The van der Waals surface area contributed by atoms with Gasteiger partial charge in [0, 0.05) is 26.1 Å². The third-order valence-electron chi connectivity index (χ3n) is 5.90. The number of hydrogen-bond acceptors (Lipinski definition) is 3. The van der Waals surface area contributed by atoms with E-state index in [1.165, 1.54) is 19.3 Å². The molecule has 2 fully saturated rings. The SMILES string of the molecule is CCC1(CO)CCN(C(=O)CNC(=O)CC2CCCCC2)CC1. The van der Waals surface area contributed by atoms with Crippen LogP contribution < -0.4 is 5.32 Å². The minimum Gasteiger partial charge on any atom is -0.396 e. The standard InChI is InChI=1S/C18H32N2O3/c1-2-18(14-21)8-10-20(11-9-18)17(23)13-19-16(22)12-15-6-4-3-5-7-15/h15,21H,2-14H2,1H3,(H,19,22). The average Bonchev–Trinajstić information content (AvgIpc) is 2.60. The van der Waals surface area contributed by atoms with Gasteiger partial charge in [-0.05, 0) is 43.4 Å². The number of likely N-dealkylation sites (tertiary alicyclic amines) is 1. The minimum atomic E-state index is -0.0129. The van der Waals surface area contributed by atoms with Crippen LogP contribution in [0.1, 0.15) is 64.7 Å². The van der Waals surface area contributed by atoms with Crippen molar-refractivity contribution >= 4 is 11.8 Å². The van der Waals surface area contributed by atoms with Crippen molar-refractivity contribution in [2.24, 2.45) is 11.3 Å². The molecule has 0 spiro atoms. The Morgan fingerprint density at radius 1 is 1.17 bits per heavy atom. The van der Waals surface area contributed by atoms with Crippen molar-refractivity contribution in [2.45, 2.75) is 64.7 Å². The number of aliphatic hydroxyl groups excluding tert-OH is 1. The first-order valence-corrected chi connectivity index (χ1v) is 9.24. The van der Waals surface area contributed by atoms with E-state index in [1.54, 1.807) is 0 Å². The number of hydrogen-bond donors (Lipinski definition) is 2. The van der Waals surface area contributed by atoms with Crippen LogP contribution in [0, 0.1) is 11.3 Å². The van der Waals surface area contributed by atoms with Gasteiger partial charge in [0.25, 0.3) is 0 Å². The maximum absolute atomic E-state index is 12.2. The molecular formula is C18H32N2O3. The Morgan fingerprint density at radius 3 is 2.39 bits per heavy atom. The number of nitrogens with zero attached hydrogens (tertiary/aromatic N) is 1. The number of carbonyl (C=O) groups is 2. The van der Waals surface area contributed by atoms with Crippen molar-refractivity contribution in [3.63, 3.8) is 0 Å². The zero-order valence-corrected chi connectivity index (χ0v) is 14.5. The van der Waals surface area contributed by atoms with Gasteiger partial charge in [0.05, 0.1) is 6.54 Å². The molecule has 2 rings (SSSR count). The van der Waals surface area contributed by atoms with E-state index < -0.39 is 0 Å². The smallest absolute Gasteiger partial charge is 0.241 e. The van der Waals surface area contributed by atoms with Crippen molar-refractivity contribution in [2.75, 3.05) is 26.2 Å². The van der Waals surface area contributed by atoms with E-state index in [4.69, 9.17) is 0 Å². The first-order chi connectivity index (χ1) is 11.1. The van der Waals surface area contributed by atoms with Crippen LogP contribution in [0.4, 0.5) is 0 Å². The molecule has 2 N–H and O–H groups in total. The van der Waals surface area contributed by atoms with E-state index in [0.717, 1.165) is 32.1 Å². The largest absolute Gasteiger partial charge is 0.396 e. The van der Waals surface area contributed by atoms with Crippen LogP contribution >= 0.6 is 0 Å². The number of carbonyl (C=O) groups excluding carboxylic acids is 2. The zero-order valence-electron chi connectivity index (χ0n) is 14.5. The fourth-order valence-electron chi connectivity index (χ4n) is 3.87. The van der Waals surface area contributed by atoms with Gasteiger partial charge in [-0.3, -0.25) is 9.59 Å². The second-order valence-electron chi connectivity index (χ2n) is 7.38. The number of nitrogens with one attached hydrogen (secondary N) is 1. The quantitative estimate of drug-likeness (QED) is 0.786. The van der Waals surface area contributed by atoms with Gasteiger partial charge in [0.2, 0.25) is 11.8 Å². The van der Waals surface area contributed by atoms with Crippen molar-refractivity contribution in [3.05, 3.63) is 0 Å². The maximum Gasteiger partial charge on any atom is 0.241 e. The lowest BCUT2D eigenvalue weighted by atomic mass is 9.77. The zero-order chi connectivity index (χ0) is 16.7. The Balaban J connectivity index is 1.67. The van der Waals surface area contributed by atoms with Crippen LogP contribution in [-0.2, 0) is 9.59 Å². The molecule has 0 aromatic heterocycles. The van der Waals surface area contributed by atoms with Crippen molar-refractivity contribution in [3.8, 4) is 0 Å². The van der Waals surface area contributed by atoms with Gasteiger partial charge in [0.1, 0.15) is 0 Å². The number of amides is 2. The van der Waals surface area contributed by atoms with Crippen molar-refractivity contribution in [1.82, 2.24) is 10.2 Å². The summed E-state index contributed by atoms with van der Waals surface area (Å²) in [6, 6.07) is 0. The Morgan fingerprint density at radius 2 is 1.83 bits per heavy atom. The monoisotopic (exact) mass is 324 g/mol. The molecular weight excluding hydrogens is 292 g/mol. The molecule has 1 heterocycles. The molecule has 1 saturated carbocycles. The van der Waals surface area contributed by atoms with Gasteiger partial charge in [-0.15, -0.1) is 0 Å². The molecule has 0 aromatic carbocycles. The second kappa shape index (κ2) is 8.67. The van der Waals surface area contributed by atoms with E-state index in [2.05, 4.69) is 12.2 Å². The lowest BCUT2D eigenvalue weighted by Gasteiger charge is -2.40. The highest BCUT2D eigenvalue weighted by Gasteiger charge is 2.33. The Labute approximate surface area is 139 Å². The summed E-state index contributed by atoms with van der Waals surface area (Å²) < 4.78 is 0. The van der Waals surface area contributed by atoms with Gasteiger partial charge >= 0.3 is 0 Å². The lowest BCUT2D eigenvalue weighted by Crippen LogP contribution is -2.47. The first kappa shape index (κ1) is 18.2. The lowest BCUT2D eigenvalue weighted by molar-refractivity contribution is -0.135. The molecule has 0 aromatic rings.